The van der Waals surface area contributed by atoms with E-state index in [9.17, 15) is 18.0 Å². The van der Waals surface area contributed by atoms with Crippen molar-refractivity contribution in [3.8, 4) is 17.0 Å². The van der Waals surface area contributed by atoms with Crippen LogP contribution in [0.2, 0.25) is 0 Å². The van der Waals surface area contributed by atoms with Gasteiger partial charge in [-0.3, -0.25) is 0 Å². The number of carboxylic acids is 1. The van der Waals surface area contributed by atoms with E-state index >= 15 is 0 Å². The third-order valence-corrected chi connectivity index (χ3v) is 3.07. The average molecular weight is 362 g/mol. The van der Waals surface area contributed by atoms with Crippen molar-refractivity contribution in [1.82, 2.24) is 4.98 Å². The largest absolute Gasteiger partial charge is 0.573 e. The standard InChI is InChI=1S/C13H7BrF3NO3/c14-9-5-6-10(18-11(9)12(19)20)7-1-3-8(4-2-7)21-13(15,16)17/h1-6H,(H,19,20). The number of rotatable bonds is 3. The van der Waals surface area contributed by atoms with Gasteiger partial charge < -0.3 is 9.84 Å². The zero-order valence-corrected chi connectivity index (χ0v) is 11.8. The van der Waals surface area contributed by atoms with Crippen molar-refractivity contribution in [3.63, 3.8) is 0 Å². The molecule has 1 aromatic carbocycles. The van der Waals surface area contributed by atoms with Gasteiger partial charge in [-0.2, -0.15) is 0 Å². The van der Waals surface area contributed by atoms with Crippen LogP contribution in [0, 0.1) is 0 Å². The van der Waals surface area contributed by atoms with E-state index in [1.54, 1.807) is 6.07 Å². The van der Waals surface area contributed by atoms with Crippen LogP contribution in [0.5, 0.6) is 5.75 Å². The molecule has 2 rings (SSSR count). The second kappa shape index (κ2) is 5.72. The fraction of sp³-hybridized carbons (Fsp3) is 0.0769. The van der Waals surface area contributed by atoms with Gasteiger partial charge in [0.1, 0.15) is 5.75 Å². The molecule has 0 spiro atoms. The molecule has 0 bridgehead atoms. The van der Waals surface area contributed by atoms with E-state index < -0.39 is 12.3 Å². The maximum Gasteiger partial charge on any atom is 0.573 e. The number of hydrogen-bond acceptors (Lipinski definition) is 3. The van der Waals surface area contributed by atoms with Crippen LogP contribution in [0.15, 0.2) is 40.9 Å². The normalized spacial score (nSPS) is 11.2. The maximum atomic E-state index is 12.0. The lowest BCUT2D eigenvalue weighted by atomic mass is 10.1. The van der Waals surface area contributed by atoms with Gasteiger partial charge in [-0.25, -0.2) is 9.78 Å². The molecule has 0 aliphatic carbocycles. The van der Waals surface area contributed by atoms with Crippen molar-refractivity contribution in [2.24, 2.45) is 0 Å². The lowest BCUT2D eigenvalue weighted by Gasteiger charge is -2.09. The number of carboxylic acid groups (broad SMARTS) is 1. The number of hydrogen-bond donors (Lipinski definition) is 1. The quantitative estimate of drug-likeness (QED) is 0.893. The fourth-order valence-corrected chi connectivity index (χ4v) is 1.97. The molecule has 2 aromatic rings. The molecular weight excluding hydrogens is 355 g/mol. The summed E-state index contributed by atoms with van der Waals surface area (Å²) < 4.78 is 40.2. The van der Waals surface area contributed by atoms with Gasteiger partial charge in [-0.05, 0) is 52.3 Å². The van der Waals surface area contributed by atoms with Gasteiger partial charge in [-0.1, -0.05) is 0 Å². The third-order valence-electron chi connectivity index (χ3n) is 2.43. The van der Waals surface area contributed by atoms with Gasteiger partial charge in [-0.15, -0.1) is 13.2 Å². The highest BCUT2D eigenvalue weighted by Gasteiger charge is 2.30. The van der Waals surface area contributed by atoms with Crippen LogP contribution >= 0.6 is 15.9 Å². The Morgan fingerprint density at radius 2 is 1.76 bits per heavy atom. The third kappa shape index (κ3) is 3.94. The molecule has 1 aromatic heterocycles. The van der Waals surface area contributed by atoms with E-state index in [-0.39, 0.29) is 11.4 Å². The first-order chi connectivity index (χ1) is 9.76. The van der Waals surface area contributed by atoms with Crippen molar-refractivity contribution >= 4 is 21.9 Å². The molecule has 0 aliphatic heterocycles. The predicted octanol–water partition coefficient (Wildman–Crippen LogP) is 4.11. The summed E-state index contributed by atoms with van der Waals surface area (Å²) in [6, 6.07) is 8.05. The van der Waals surface area contributed by atoms with E-state index in [1.165, 1.54) is 18.2 Å². The first-order valence-corrected chi connectivity index (χ1v) is 6.31. The Balaban J connectivity index is 2.31. The lowest BCUT2D eigenvalue weighted by Crippen LogP contribution is -2.16. The number of alkyl halides is 3. The maximum absolute atomic E-state index is 12.0. The average Bonchev–Trinajstić information content (AvgIpc) is 2.38. The fourth-order valence-electron chi connectivity index (χ4n) is 1.58. The Morgan fingerprint density at radius 1 is 1.14 bits per heavy atom. The molecule has 8 heteroatoms. The molecule has 0 atom stereocenters. The van der Waals surface area contributed by atoms with E-state index in [0.29, 0.717) is 15.7 Å². The highest BCUT2D eigenvalue weighted by Crippen LogP contribution is 2.27. The highest BCUT2D eigenvalue weighted by molar-refractivity contribution is 9.10. The van der Waals surface area contributed by atoms with Crippen LogP contribution in [-0.4, -0.2) is 22.4 Å². The molecule has 1 heterocycles. The molecule has 0 amide bonds. The summed E-state index contributed by atoms with van der Waals surface area (Å²) in [6.07, 6.45) is -4.76. The van der Waals surface area contributed by atoms with Crippen molar-refractivity contribution in [1.29, 1.82) is 0 Å². The number of ether oxygens (including phenoxy) is 1. The molecule has 0 unspecified atom stereocenters. The van der Waals surface area contributed by atoms with E-state index in [2.05, 4.69) is 25.7 Å². The molecular formula is C13H7BrF3NO3. The summed E-state index contributed by atoms with van der Waals surface area (Å²) in [7, 11) is 0. The molecule has 0 fully saturated rings. The van der Waals surface area contributed by atoms with Crippen LogP contribution in [0.3, 0.4) is 0 Å². The smallest absolute Gasteiger partial charge is 0.476 e. The van der Waals surface area contributed by atoms with E-state index in [0.717, 1.165) is 12.1 Å². The van der Waals surface area contributed by atoms with Crippen molar-refractivity contribution in [2.45, 2.75) is 6.36 Å². The van der Waals surface area contributed by atoms with Gasteiger partial charge in [0.05, 0.1) is 10.2 Å². The number of halogens is 4. The molecule has 1 N–H and O–H groups in total. The highest BCUT2D eigenvalue weighted by atomic mass is 79.9. The number of benzene rings is 1. The van der Waals surface area contributed by atoms with Crippen LogP contribution in [0.4, 0.5) is 13.2 Å². The zero-order chi connectivity index (χ0) is 15.6. The number of carbonyl (C=O) groups is 1. The SMILES string of the molecule is O=C(O)c1nc(-c2ccc(OC(F)(F)F)cc2)ccc1Br. The van der Waals surface area contributed by atoms with Crippen molar-refractivity contribution in [2.75, 3.05) is 0 Å². The topological polar surface area (TPSA) is 59.4 Å². The summed E-state index contributed by atoms with van der Waals surface area (Å²) in [5.41, 5.74) is 0.622. The van der Waals surface area contributed by atoms with Gasteiger partial charge in [0.15, 0.2) is 5.69 Å². The van der Waals surface area contributed by atoms with Gasteiger partial charge in [0.25, 0.3) is 0 Å². The Kier molecular flexibility index (Phi) is 4.17. The van der Waals surface area contributed by atoms with Crippen LogP contribution in [-0.2, 0) is 0 Å². The molecule has 0 saturated heterocycles. The van der Waals surface area contributed by atoms with E-state index in [1.807, 2.05) is 0 Å². The molecule has 110 valence electrons. The molecule has 0 radical (unpaired) electrons. The number of pyridine rings is 1. The van der Waals surface area contributed by atoms with E-state index in [4.69, 9.17) is 5.11 Å². The second-order valence-electron chi connectivity index (χ2n) is 3.90. The van der Waals surface area contributed by atoms with Crippen LogP contribution in [0.25, 0.3) is 11.3 Å². The van der Waals surface area contributed by atoms with Crippen molar-refractivity contribution in [3.05, 3.63) is 46.6 Å². The minimum atomic E-state index is -4.76. The van der Waals surface area contributed by atoms with Gasteiger partial charge >= 0.3 is 12.3 Å². The first kappa shape index (κ1) is 15.3. The Bertz CT molecular complexity index is 671. The molecule has 0 aliphatic rings. The van der Waals surface area contributed by atoms with Crippen LogP contribution < -0.4 is 4.74 Å². The Morgan fingerprint density at radius 3 is 2.29 bits per heavy atom. The summed E-state index contributed by atoms with van der Waals surface area (Å²) in [4.78, 5) is 14.9. The number of aromatic nitrogens is 1. The number of aromatic carboxylic acids is 1. The summed E-state index contributed by atoms with van der Waals surface area (Å²) >= 11 is 3.06. The lowest BCUT2D eigenvalue weighted by molar-refractivity contribution is -0.274. The summed E-state index contributed by atoms with van der Waals surface area (Å²) in [5.74, 6) is -1.57. The number of nitrogens with zero attached hydrogens (tertiary/aromatic N) is 1. The monoisotopic (exact) mass is 361 g/mol. The predicted molar refractivity (Wildman–Crippen MR) is 71.0 cm³/mol. The second-order valence-corrected chi connectivity index (χ2v) is 4.76. The molecule has 4 nitrogen and oxygen atoms in total. The van der Waals surface area contributed by atoms with Crippen LogP contribution in [0.1, 0.15) is 10.5 Å². The summed E-state index contributed by atoms with van der Waals surface area (Å²) in [6.45, 7) is 0. The Labute approximate surface area is 125 Å². The van der Waals surface area contributed by atoms with Gasteiger partial charge in [0, 0.05) is 5.56 Å². The van der Waals surface area contributed by atoms with Gasteiger partial charge in [0.2, 0.25) is 0 Å². The molecule has 21 heavy (non-hydrogen) atoms. The first-order valence-electron chi connectivity index (χ1n) is 5.52. The zero-order valence-electron chi connectivity index (χ0n) is 10.2. The minimum absolute atomic E-state index is 0.178. The van der Waals surface area contributed by atoms with Crippen molar-refractivity contribution < 1.29 is 27.8 Å². The summed E-state index contributed by atoms with van der Waals surface area (Å²) in [5, 5.41) is 8.97. The molecule has 0 saturated carbocycles. The minimum Gasteiger partial charge on any atom is -0.476 e. The Hall–Kier alpha value is -2.09.